The summed E-state index contributed by atoms with van der Waals surface area (Å²) in [5, 5.41) is 0. The van der Waals surface area contributed by atoms with Gasteiger partial charge in [-0.1, -0.05) is 0 Å². The van der Waals surface area contributed by atoms with Crippen molar-refractivity contribution in [3.05, 3.63) is 24.0 Å². The Morgan fingerprint density at radius 3 is 2.64 bits per heavy atom. The van der Waals surface area contributed by atoms with Gasteiger partial charge >= 0.3 is 0 Å². The second-order valence-electron chi connectivity index (χ2n) is 4.66. The van der Waals surface area contributed by atoms with Crippen LogP contribution in [0.2, 0.25) is 0 Å². The first-order chi connectivity index (χ1) is 6.81. The van der Waals surface area contributed by atoms with E-state index in [1.807, 2.05) is 6.20 Å². The molecule has 1 aromatic heterocycles. The van der Waals surface area contributed by atoms with Gasteiger partial charge in [-0.15, -0.1) is 0 Å². The zero-order chi connectivity index (χ0) is 9.60. The fourth-order valence-electron chi connectivity index (χ4n) is 2.69. The first-order valence-corrected chi connectivity index (χ1v) is 5.28. The minimum absolute atomic E-state index is 0.263. The van der Waals surface area contributed by atoms with Crippen molar-refractivity contribution in [1.82, 2.24) is 4.98 Å². The Bertz CT molecular complexity index is 310. The van der Waals surface area contributed by atoms with Crippen molar-refractivity contribution in [2.24, 2.45) is 11.7 Å². The highest BCUT2D eigenvalue weighted by Gasteiger charge is 2.51. The van der Waals surface area contributed by atoms with Gasteiger partial charge in [0.2, 0.25) is 0 Å². The van der Waals surface area contributed by atoms with Gasteiger partial charge in [0.1, 0.15) is 0 Å². The minimum Gasteiger partial charge on any atom is -0.379 e. The Balaban J connectivity index is 1.85. The van der Waals surface area contributed by atoms with Crippen molar-refractivity contribution in [1.29, 1.82) is 0 Å². The summed E-state index contributed by atoms with van der Waals surface area (Å²) in [5.74, 6) is 0.727. The third-order valence-corrected chi connectivity index (χ3v) is 3.81. The number of aromatic nitrogens is 1. The molecule has 76 valence electrons. The lowest BCUT2D eigenvalue weighted by atomic mass is 9.60. The predicted molar refractivity (Wildman–Crippen MR) is 54.0 cm³/mol. The molecule has 2 aliphatic rings. The molecule has 1 saturated heterocycles. The summed E-state index contributed by atoms with van der Waals surface area (Å²) in [6.45, 7) is 1.73. The Morgan fingerprint density at radius 1 is 1.43 bits per heavy atom. The number of hydrogen-bond donors (Lipinski definition) is 2. The molecule has 1 aliphatic heterocycles. The number of aromatic amines is 1. The Labute approximate surface area is 83.6 Å². The molecule has 0 unspecified atom stereocenters. The number of H-pyrrole nitrogens is 1. The average molecular weight is 192 g/mol. The van der Waals surface area contributed by atoms with Crippen molar-refractivity contribution >= 4 is 0 Å². The van der Waals surface area contributed by atoms with E-state index in [2.05, 4.69) is 17.1 Å². The molecule has 1 saturated carbocycles. The van der Waals surface area contributed by atoms with E-state index in [1.165, 1.54) is 5.69 Å². The van der Waals surface area contributed by atoms with Gasteiger partial charge in [-0.3, -0.25) is 0 Å². The van der Waals surface area contributed by atoms with Gasteiger partial charge in [-0.25, -0.2) is 0 Å². The second kappa shape index (κ2) is 2.84. The van der Waals surface area contributed by atoms with Crippen molar-refractivity contribution in [3.8, 4) is 0 Å². The highest BCUT2D eigenvalue weighted by molar-refractivity contribution is 5.24. The first kappa shape index (κ1) is 8.50. The lowest BCUT2D eigenvalue weighted by Crippen LogP contribution is -2.58. The molecule has 0 atom stereocenters. The number of ether oxygens (including phenoxy) is 1. The summed E-state index contributed by atoms with van der Waals surface area (Å²) in [6, 6.07) is 4.66. The second-order valence-corrected chi connectivity index (χ2v) is 4.66. The van der Waals surface area contributed by atoms with Crippen LogP contribution in [0.5, 0.6) is 0 Å². The quantitative estimate of drug-likeness (QED) is 0.735. The van der Waals surface area contributed by atoms with Crippen LogP contribution in [-0.4, -0.2) is 24.2 Å². The maximum atomic E-state index is 5.85. The molecular weight excluding hydrogens is 176 g/mol. The normalized spacial score (nSPS) is 34.6. The Morgan fingerprint density at radius 2 is 2.21 bits per heavy atom. The summed E-state index contributed by atoms with van der Waals surface area (Å²) in [4.78, 5) is 3.32. The lowest BCUT2D eigenvalue weighted by Gasteiger charge is -2.52. The van der Waals surface area contributed by atoms with E-state index in [1.54, 1.807) is 0 Å². The van der Waals surface area contributed by atoms with E-state index in [0.717, 1.165) is 32.0 Å². The van der Waals surface area contributed by atoms with Crippen LogP contribution in [0.3, 0.4) is 0 Å². The number of nitrogens with two attached hydrogens (primary N) is 1. The highest BCUT2D eigenvalue weighted by atomic mass is 16.5. The third-order valence-electron chi connectivity index (χ3n) is 3.81. The topological polar surface area (TPSA) is 51.0 Å². The van der Waals surface area contributed by atoms with Crippen LogP contribution in [0.25, 0.3) is 0 Å². The number of rotatable bonds is 2. The van der Waals surface area contributed by atoms with Crippen LogP contribution in [0.1, 0.15) is 18.5 Å². The highest BCUT2D eigenvalue weighted by Crippen LogP contribution is 2.47. The van der Waals surface area contributed by atoms with Gasteiger partial charge in [0.15, 0.2) is 0 Å². The fourth-order valence-corrected chi connectivity index (χ4v) is 2.69. The summed E-state index contributed by atoms with van der Waals surface area (Å²) in [7, 11) is 0. The molecule has 0 spiro atoms. The molecule has 3 rings (SSSR count). The molecule has 0 bridgehead atoms. The maximum absolute atomic E-state index is 5.85. The molecule has 1 aliphatic carbocycles. The van der Waals surface area contributed by atoms with Gasteiger partial charge in [0.05, 0.1) is 18.6 Å². The molecule has 14 heavy (non-hydrogen) atoms. The van der Waals surface area contributed by atoms with E-state index in [-0.39, 0.29) is 5.41 Å². The molecule has 0 aromatic carbocycles. The molecule has 3 N–H and O–H groups in total. The van der Waals surface area contributed by atoms with E-state index in [4.69, 9.17) is 10.5 Å². The fraction of sp³-hybridized carbons (Fsp3) is 0.636. The predicted octanol–water partition coefficient (Wildman–Crippen LogP) is 1.02. The van der Waals surface area contributed by atoms with Crippen LogP contribution >= 0.6 is 0 Å². The van der Waals surface area contributed by atoms with Crippen molar-refractivity contribution < 1.29 is 4.74 Å². The van der Waals surface area contributed by atoms with Crippen LogP contribution in [0.15, 0.2) is 18.3 Å². The van der Waals surface area contributed by atoms with Crippen LogP contribution < -0.4 is 5.73 Å². The van der Waals surface area contributed by atoms with Crippen molar-refractivity contribution in [2.75, 3.05) is 13.2 Å². The molecule has 2 heterocycles. The first-order valence-electron chi connectivity index (χ1n) is 5.28. The van der Waals surface area contributed by atoms with E-state index < -0.39 is 0 Å². The molecule has 0 radical (unpaired) electrons. The van der Waals surface area contributed by atoms with Gasteiger partial charge < -0.3 is 15.5 Å². The SMILES string of the molecule is NC1CC(C2(c3ccc[nH]3)COC2)C1. The van der Waals surface area contributed by atoms with Gasteiger partial charge in [-0.2, -0.15) is 0 Å². The van der Waals surface area contributed by atoms with Crippen LogP contribution in [-0.2, 0) is 10.2 Å². The largest absolute Gasteiger partial charge is 0.379 e. The lowest BCUT2D eigenvalue weighted by molar-refractivity contribution is -0.112. The minimum atomic E-state index is 0.263. The summed E-state index contributed by atoms with van der Waals surface area (Å²) < 4.78 is 5.39. The molecule has 3 nitrogen and oxygen atoms in total. The molecular formula is C11H16N2O. The zero-order valence-corrected chi connectivity index (χ0v) is 8.20. The van der Waals surface area contributed by atoms with Crippen molar-refractivity contribution in [3.63, 3.8) is 0 Å². The average Bonchev–Trinajstić information content (AvgIpc) is 2.52. The van der Waals surface area contributed by atoms with Gasteiger partial charge in [-0.05, 0) is 30.9 Å². The van der Waals surface area contributed by atoms with Crippen molar-refractivity contribution in [2.45, 2.75) is 24.3 Å². The smallest absolute Gasteiger partial charge is 0.0602 e. The summed E-state index contributed by atoms with van der Waals surface area (Å²) in [6.07, 6.45) is 4.30. The Hall–Kier alpha value is -0.800. The maximum Gasteiger partial charge on any atom is 0.0602 e. The molecule has 3 heteroatoms. The number of hydrogen-bond acceptors (Lipinski definition) is 2. The van der Waals surface area contributed by atoms with E-state index in [9.17, 15) is 0 Å². The van der Waals surface area contributed by atoms with E-state index in [0.29, 0.717) is 6.04 Å². The summed E-state index contributed by atoms with van der Waals surface area (Å²) in [5.41, 5.74) is 7.44. The number of nitrogens with one attached hydrogen (secondary N) is 1. The third kappa shape index (κ3) is 0.996. The monoisotopic (exact) mass is 192 g/mol. The summed E-state index contributed by atoms with van der Waals surface area (Å²) >= 11 is 0. The van der Waals surface area contributed by atoms with E-state index >= 15 is 0 Å². The van der Waals surface area contributed by atoms with Gasteiger partial charge in [0.25, 0.3) is 0 Å². The molecule has 2 fully saturated rings. The van der Waals surface area contributed by atoms with Crippen LogP contribution in [0.4, 0.5) is 0 Å². The van der Waals surface area contributed by atoms with Crippen LogP contribution in [0, 0.1) is 5.92 Å². The van der Waals surface area contributed by atoms with Gasteiger partial charge in [0, 0.05) is 17.9 Å². The zero-order valence-electron chi connectivity index (χ0n) is 8.20. The Kier molecular flexibility index (Phi) is 1.73. The molecule has 1 aromatic rings. The standard InChI is InChI=1S/C11H16N2O/c12-9-4-8(5-9)11(6-14-7-11)10-2-1-3-13-10/h1-3,8-9,13H,4-7,12H2. The molecule has 0 amide bonds.